The lowest BCUT2D eigenvalue weighted by atomic mass is 9.90. The molecule has 1 aliphatic rings. The molecule has 0 fully saturated rings. The summed E-state index contributed by atoms with van der Waals surface area (Å²) < 4.78 is 0. The van der Waals surface area contributed by atoms with Gasteiger partial charge in [0.15, 0.2) is 0 Å². The largest absolute Gasteiger partial charge is 0.313 e. The molecule has 1 aromatic carbocycles. The molecule has 1 aliphatic heterocycles. The van der Waals surface area contributed by atoms with Gasteiger partial charge in [-0.25, -0.2) is 0 Å². The van der Waals surface area contributed by atoms with Crippen LogP contribution in [0.5, 0.6) is 0 Å². The van der Waals surface area contributed by atoms with E-state index in [4.69, 9.17) is 0 Å². The molecule has 3 heterocycles. The van der Waals surface area contributed by atoms with Crippen molar-refractivity contribution in [3.8, 4) is 0 Å². The van der Waals surface area contributed by atoms with E-state index in [1.807, 2.05) is 37.4 Å². The molecule has 0 aliphatic carbocycles. The fourth-order valence-electron chi connectivity index (χ4n) is 4.49. The second kappa shape index (κ2) is 10.1. The zero-order valence-electron chi connectivity index (χ0n) is 20.2. The van der Waals surface area contributed by atoms with Gasteiger partial charge in [0.1, 0.15) is 5.41 Å². The molecule has 34 heavy (non-hydrogen) atoms. The highest BCUT2D eigenvalue weighted by atomic mass is 32.1. The van der Waals surface area contributed by atoms with Gasteiger partial charge in [-0.15, -0.1) is 11.3 Å². The molecule has 1 N–H and O–H groups in total. The smallest absolute Gasteiger partial charge is 0.242 e. The van der Waals surface area contributed by atoms with Crippen LogP contribution in [0, 0.1) is 5.41 Å². The number of carbonyl (C=O) groups is 2. The van der Waals surface area contributed by atoms with E-state index in [9.17, 15) is 9.59 Å². The fraction of sp³-hybridized carbons (Fsp3) is 0.370. The molecule has 2 aromatic heterocycles. The first-order valence-corrected chi connectivity index (χ1v) is 12.6. The number of anilines is 2. The second-order valence-electron chi connectivity index (χ2n) is 9.21. The summed E-state index contributed by atoms with van der Waals surface area (Å²) in [6, 6.07) is 14.6. The van der Waals surface area contributed by atoms with Crippen molar-refractivity contribution in [3.63, 3.8) is 0 Å². The van der Waals surface area contributed by atoms with E-state index in [1.165, 1.54) is 10.4 Å². The van der Waals surface area contributed by atoms with Crippen LogP contribution < -0.4 is 15.1 Å². The van der Waals surface area contributed by atoms with E-state index in [0.717, 1.165) is 29.8 Å². The molecule has 1 atom stereocenters. The minimum Gasteiger partial charge on any atom is -0.313 e. The van der Waals surface area contributed by atoms with Crippen molar-refractivity contribution in [2.24, 2.45) is 5.41 Å². The number of aromatic nitrogens is 1. The third-order valence-corrected chi connectivity index (χ3v) is 7.50. The van der Waals surface area contributed by atoms with Crippen LogP contribution in [0.15, 0.2) is 60.2 Å². The van der Waals surface area contributed by atoms with Crippen molar-refractivity contribution in [2.45, 2.75) is 46.2 Å². The van der Waals surface area contributed by atoms with Crippen LogP contribution in [-0.2, 0) is 22.6 Å². The quantitative estimate of drug-likeness (QED) is 0.467. The molecule has 0 spiro atoms. The van der Waals surface area contributed by atoms with Crippen molar-refractivity contribution in [1.29, 1.82) is 0 Å². The molecule has 2 amide bonds. The number of carbonyl (C=O) groups excluding carboxylic acids is 2. The maximum Gasteiger partial charge on any atom is 0.242 e. The summed E-state index contributed by atoms with van der Waals surface area (Å²) in [5.74, 6) is -0.350. The number of rotatable bonds is 8. The van der Waals surface area contributed by atoms with E-state index in [0.29, 0.717) is 13.1 Å². The van der Waals surface area contributed by atoms with Gasteiger partial charge in [0.05, 0.1) is 11.4 Å². The number of aryl methyl sites for hydroxylation is 1. The number of pyridine rings is 1. The van der Waals surface area contributed by atoms with Gasteiger partial charge >= 0.3 is 0 Å². The maximum atomic E-state index is 13.1. The van der Waals surface area contributed by atoms with Crippen molar-refractivity contribution in [3.05, 3.63) is 76.2 Å². The molecule has 1 unspecified atom stereocenters. The standard InChI is InChI=1S/C27H32N4O2S/c1-5-31-22-13-11-20(16-23(22)30(4)25(32)27(2,3)26(31)33)18-29-21(24-9-7-15-34-24)12-10-19-8-6-14-28-17-19/h6-9,11,13-17,21,29H,5,10,12,18H2,1-4H3. The second-order valence-corrected chi connectivity index (χ2v) is 10.2. The lowest BCUT2D eigenvalue weighted by Gasteiger charge is -2.27. The summed E-state index contributed by atoms with van der Waals surface area (Å²) in [7, 11) is 1.76. The first-order chi connectivity index (χ1) is 16.3. The Morgan fingerprint density at radius 2 is 1.88 bits per heavy atom. The number of benzene rings is 1. The Bertz CT molecular complexity index is 1140. The molecule has 6 nitrogen and oxygen atoms in total. The minimum absolute atomic E-state index is 0.162. The van der Waals surface area contributed by atoms with Crippen molar-refractivity contribution >= 4 is 34.5 Å². The van der Waals surface area contributed by atoms with E-state index < -0.39 is 5.41 Å². The number of thiophene rings is 1. The van der Waals surface area contributed by atoms with Crippen LogP contribution in [0.25, 0.3) is 0 Å². The summed E-state index contributed by atoms with van der Waals surface area (Å²) in [4.78, 5) is 35.1. The summed E-state index contributed by atoms with van der Waals surface area (Å²) in [5.41, 5.74) is 2.75. The first-order valence-electron chi connectivity index (χ1n) is 11.7. The van der Waals surface area contributed by atoms with Crippen molar-refractivity contribution in [1.82, 2.24) is 10.3 Å². The normalized spacial score (nSPS) is 16.4. The van der Waals surface area contributed by atoms with Gasteiger partial charge < -0.3 is 15.1 Å². The average molecular weight is 477 g/mol. The molecular weight excluding hydrogens is 444 g/mol. The van der Waals surface area contributed by atoms with Gasteiger partial charge in [0, 0.05) is 43.4 Å². The Morgan fingerprint density at radius 3 is 2.56 bits per heavy atom. The number of fused-ring (bicyclic) bond motifs is 1. The molecule has 0 saturated heterocycles. The zero-order chi connectivity index (χ0) is 24.3. The minimum atomic E-state index is -1.10. The molecule has 178 valence electrons. The highest BCUT2D eigenvalue weighted by Gasteiger charge is 2.45. The predicted octanol–water partition coefficient (Wildman–Crippen LogP) is 4.96. The van der Waals surface area contributed by atoms with Crippen molar-refractivity contribution < 1.29 is 9.59 Å². The Balaban J connectivity index is 1.55. The Morgan fingerprint density at radius 1 is 1.06 bits per heavy atom. The fourth-order valence-corrected chi connectivity index (χ4v) is 5.33. The lowest BCUT2D eigenvalue weighted by molar-refractivity contribution is -0.137. The molecule has 0 bridgehead atoms. The van der Waals surface area contributed by atoms with Gasteiger partial charge in [-0.1, -0.05) is 18.2 Å². The van der Waals surface area contributed by atoms with Gasteiger partial charge in [0.25, 0.3) is 0 Å². The Hall–Kier alpha value is -3.03. The molecule has 3 aromatic rings. The number of nitrogens with zero attached hydrogens (tertiary/aromatic N) is 3. The first kappa shape index (κ1) is 24.1. The molecule has 0 radical (unpaired) electrons. The van der Waals surface area contributed by atoms with Crippen LogP contribution in [0.4, 0.5) is 11.4 Å². The van der Waals surface area contributed by atoms with E-state index in [1.54, 1.807) is 48.2 Å². The predicted molar refractivity (Wildman–Crippen MR) is 138 cm³/mol. The van der Waals surface area contributed by atoms with Crippen LogP contribution in [0.3, 0.4) is 0 Å². The summed E-state index contributed by atoms with van der Waals surface area (Å²) in [5, 5.41) is 5.82. The van der Waals surface area contributed by atoms with Crippen LogP contribution in [0.1, 0.15) is 49.2 Å². The van der Waals surface area contributed by atoms with Gasteiger partial charge in [0.2, 0.25) is 11.8 Å². The SMILES string of the molecule is CCN1C(=O)C(C)(C)C(=O)N(C)c2cc(CNC(CCc3cccnc3)c3cccs3)ccc21. The van der Waals surface area contributed by atoms with Gasteiger partial charge in [-0.3, -0.25) is 14.6 Å². The van der Waals surface area contributed by atoms with Gasteiger partial charge in [-0.2, -0.15) is 0 Å². The lowest BCUT2D eigenvalue weighted by Crippen LogP contribution is -2.47. The van der Waals surface area contributed by atoms with Crippen LogP contribution >= 0.6 is 11.3 Å². The number of hydrogen-bond donors (Lipinski definition) is 1. The van der Waals surface area contributed by atoms with E-state index in [2.05, 4.69) is 33.9 Å². The topological polar surface area (TPSA) is 65.5 Å². The van der Waals surface area contributed by atoms with Crippen LogP contribution in [-0.4, -0.2) is 30.4 Å². The zero-order valence-corrected chi connectivity index (χ0v) is 21.1. The summed E-state index contributed by atoms with van der Waals surface area (Å²) in [6.45, 7) is 6.53. The Labute approximate surface area is 205 Å². The monoisotopic (exact) mass is 476 g/mol. The number of hydrogen-bond acceptors (Lipinski definition) is 5. The highest BCUT2D eigenvalue weighted by Crippen LogP contribution is 2.39. The number of nitrogens with one attached hydrogen (secondary N) is 1. The average Bonchev–Trinajstić information content (AvgIpc) is 3.38. The Kier molecular flexibility index (Phi) is 7.14. The van der Waals surface area contributed by atoms with Crippen molar-refractivity contribution in [2.75, 3.05) is 23.4 Å². The third-order valence-electron chi connectivity index (χ3n) is 6.51. The maximum absolute atomic E-state index is 13.1. The van der Waals surface area contributed by atoms with E-state index >= 15 is 0 Å². The number of amides is 2. The van der Waals surface area contributed by atoms with E-state index in [-0.39, 0.29) is 17.9 Å². The third kappa shape index (κ3) is 4.76. The van der Waals surface area contributed by atoms with Gasteiger partial charge in [-0.05, 0) is 74.4 Å². The molecule has 7 heteroatoms. The highest BCUT2D eigenvalue weighted by molar-refractivity contribution is 7.10. The molecule has 0 saturated carbocycles. The van der Waals surface area contributed by atoms with Crippen LogP contribution in [0.2, 0.25) is 0 Å². The summed E-state index contributed by atoms with van der Waals surface area (Å²) in [6.07, 6.45) is 5.62. The molecular formula is C27H32N4O2S. The summed E-state index contributed by atoms with van der Waals surface area (Å²) >= 11 is 1.76. The molecule has 4 rings (SSSR count).